The number of hydrogen-bond donors (Lipinski definition) is 16. The summed E-state index contributed by atoms with van der Waals surface area (Å²) in [6.07, 6.45) is -44.4. The minimum Gasteiger partial charge on any atom is -0.394 e. The number of hydrogen-bond acceptors (Lipinski definition) is 26. The first-order chi connectivity index (χ1) is 27.1. The van der Waals surface area contributed by atoms with Gasteiger partial charge in [0, 0.05) is 7.11 Å². The van der Waals surface area contributed by atoms with Crippen molar-refractivity contribution < 1.29 is 129 Å². The van der Waals surface area contributed by atoms with Gasteiger partial charge in [0.1, 0.15) is 122 Å². The van der Waals surface area contributed by atoms with Crippen LogP contribution in [0.3, 0.4) is 0 Å². The van der Waals surface area contributed by atoms with Gasteiger partial charge in [-0.25, -0.2) is 0 Å². The highest BCUT2D eigenvalue weighted by atomic mass is 16.8. The minimum absolute atomic E-state index is 0.750. The summed E-state index contributed by atoms with van der Waals surface area (Å²) in [5.74, 6) is 0. The van der Waals surface area contributed by atoms with E-state index < -0.39 is 187 Å². The van der Waals surface area contributed by atoms with Crippen LogP contribution in [0.4, 0.5) is 0 Å². The van der Waals surface area contributed by atoms with Gasteiger partial charge in [0.25, 0.3) is 0 Å². The van der Waals surface area contributed by atoms with Crippen LogP contribution in [-0.2, 0) is 47.4 Å². The van der Waals surface area contributed by atoms with E-state index in [1.54, 1.807) is 0 Å². The molecule has 57 heavy (non-hydrogen) atoms. The second-order valence-corrected chi connectivity index (χ2v) is 14.2. The van der Waals surface area contributed by atoms with Gasteiger partial charge < -0.3 is 129 Å². The van der Waals surface area contributed by atoms with E-state index in [9.17, 15) is 81.7 Å². The number of aliphatic hydroxyl groups is 16. The summed E-state index contributed by atoms with van der Waals surface area (Å²) >= 11 is 0. The lowest BCUT2D eigenvalue weighted by Crippen LogP contribution is -2.68. The smallest absolute Gasteiger partial charge is 0.187 e. The Labute approximate surface area is 323 Å². The third kappa shape index (κ3) is 9.56. The van der Waals surface area contributed by atoms with E-state index in [4.69, 9.17) is 47.4 Å². The Morgan fingerprint density at radius 2 is 0.526 bits per heavy atom. The lowest BCUT2D eigenvalue weighted by molar-refractivity contribution is -0.393. The molecule has 25 atom stereocenters. The summed E-state index contributed by atoms with van der Waals surface area (Å²) in [6, 6.07) is 0. The fraction of sp³-hybridized carbons (Fsp3) is 1.00. The zero-order valence-electron chi connectivity index (χ0n) is 30.2. The number of rotatable bonds is 14. The maximum absolute atomic E-state index is 11.1. The van der Waals surface area contributed by atoms with E-state index in [0.717, 1.165) is 0 Å². The Kier molecular flexibility index (Phi) is 16.7. The molecule has 0 aliphatic carbocycles. The first kappa shape index (κ1) is 47.0. The highest BCUT2D eigenvalue weighted by Crippen LogP contribution is 2.35. The lowest BCUT2D eigenvalue weighted by Gasteiger charge is -2.49. The summed E-state index contributed by atoms with van der Waals surface area (Å²) in [4.78, 5) is 0. The molecule has 16 N–H and O–H groups in total. The Morgan fingerprint density at radius 1 is 0.298 bits per heavy atom. The lowest BCUT2D eigenvalue weighted by atomic mass is 9.95. The molecule has 0 amide bonds. The largest absolute Gasteiger partial charge is 0.394 e. The Bertz CT molecular complexity index is 1220. The summed E-state index contributed by atoms with van der Waals surface area (Å²) in [5.41, 5.74) is 0. The van der Waals surface area contributed by atoms with E-state index in [-0.39, 0.29) is 0 Å². The van der Waals surface area contributed by atoms with Gasteiger partial charge in [-0.2, -0.15) is 0 Å². The zero-order valence-corrected chi connectivity index (χ0v) is 30.2. The van der Waals surface area contributed by atoms with Crippen LogP contribution >= 0.6 is 0 Å². The molecular weight excluding hydrogens is 788 g/mol. The first-order valence-corrected chi connectivity index (χ1v) is 18.0. The molecule has 26 heteroatoms. The van der Waals surface area contributed by atoms with Gasteiger partial charge >= 0.3 is 0 Å². The van der Waals surface area contributed by atoms with Gasteiger partial charge in [0.05, 0.1) is 33.0 Å². The molecule has 334 valence electrons. The van der Waals surface area contributed by atoms with Crippen molar-refractivity contribution in [1.29, 1.82) is 0 Å². The van der Waals surface area contributed by atoms with E-state index in [1.807, 2.05) is 0 Å². The van der Waals surface area contributed by atoms with Crippen molar-refractivity contribution in [3.05, 3.63) is 0 Å². The average Bonchev–Trinajstić information content (AvgIpc) is 3.21. The fourth-order valence-electron chi connectivity index (χ4n) is 7.21. The molecule has 0 aromatic rings. The molecule has 0 bridgehead atoms. The van der Waals surface area contributed by atoms with Crippen LogP contribution in [0.5, 0.6) is 0 Å². The molecule has 5 heterocycles. The van der Waals surface area contributed by atoms with Crippen molar-refractivity contribution >= 4 is 0 Å². The van der Waals surface area contributed by atoms with Gasteiger partial charge in [-0.15, -0.1) is 0 Å². The predicted molar refractivity (Wildman–Crippen MR) is 171 cm³/mol. The summed E-state index contributed by atoms with van der Waals surface area (Å²) in [7, 11) is 1.17. The van der Waals surface area contributed by atoms with E-state index in [1.165, 1.54) is 7.11 Å². The van der Waals surface area contributed by atoms with Gasteiger partial charge in [-0.3, -0.25) is 0 Å². The second kappa shape index (κ2) is 20.2. The normalized spacial score (nSPS) is 52.5. The van der Waals surface area contributed by atoms with E-state index in [0.29, 0.717) is 0 Å². The highest BCUT2D eigenvalue weighted by Gasteiger charge is 2.56. The topological polar surface area (TPSA) is 416 Å². The number of ether oxygens (including phenoxy) is 10. The fourth-order valence-corrected chi connectivity index (χ4v) is 7.21. The molecule has 0 saturated carbocycles. The molecule has 5 aliphatic heterocycles. The summed E-state index contributed by atoms with van der Waals surface area (Å²) in [6.45, 7) is -4.38. The molecule has 5 rings (SSSR count). The monoisotopic (exact) mass is 842 g/mol. The van der Waals surface area contributed by atoms with Crippen molar-refractivity contribution in [2.75, 3.05) is 40.1 Å². The molecule has 0 aromatic heterocycles. The SMILES string of the molecule is CO[C@@H]1O[C@H](CO)[C@@H](O[C@@H]2O[C@H](CO)[C@@H](O[C@@H]3O[C@H](CO)[C@@H](O[C@@H]4O[C@H](CO)[C@@H](O[C@H]5O[C@H](CO)[C@@H](O)[C@H](O)[C@H]5O)[C@H](O)[C@H]4O)[C@H](O)[C@H]3O)[C@H](O)[C@H]2O)[C@H](O)[C@H]1O. The maximum Gasteiger partial charge on any atom is 0.187 e. The van der Waals surface area contributed by atoms with Crippen LogP contribution in [-0.4, -0.2) is 275 Å². The van der Waals surface area contributed by atoms with Crippen molar-refractivity contribution in [1.82, 2.24) is 0 Å². The number of aliphatic hydroxyl groups excluding tert-OH is 16. The van der Waals surface area contributed by atoms with Crippen LogP contribution in [0.25, 0.3) is 0 Å². The Balaban J connectivity index is 1.22. The van der Waals surface area contributed by atoms with E-state index >= 15 is 0 Å². The molecule has 0 unspecified atom stereocenters. The third-order valence-electron chi connectivity index (χ3n) is 10.5. The Hall–Kier alpha value is -1.04. The van der Waals surface area contributed by atoms with Gasteiger partial charge in [0.2, 0.25) is 0 Å². The molecule has 0 spiro atoms. The highest BCUT2D eigenvalue weighted by molar-refractivity contribution is 4.99. The molecule has 5 fully saturated rings. The average molecular weight is 843 g/mol. The van der Waals surface area contributed by atoms with Crippen LogP contribution in [0.2, 0.25) is 0 Å². The minimum atomic E-state index is -2.10. The van der Waals surface area contributed by atoms with Crippen molar-refractivity contribution in [3.63, 3.8) is 0 Å². The van der Waals surface area contributed by atoms with Crippen molar-refractivity contribution in [2.24, 2.45) is 0 Å². The first-order valence-electron chi connectivity index (χ1n) is 18.0. The standard InChI is InChI=1S/C31H54O26/c1-48-27-19(44)14(39)23(8(3-33)50-27)55-29-21(46)16(41)25(10(5-35)52-29)57-31-22(47)17(42)26(11(6-36)53-31)56-30-20(45)15(40)24(9(4-34)51-30)54-28-18(43)13(38)12(37)7(2-32)49-28/h7-47H,2-6H2,1H3/t7-,8-,9-,10-,11-,12-,13+,14-,15-,16-,17-,18-,19-,20-,21-,22-,23-,24-,25-,26-,27-,28-,29+,30+,31+/m1/s1. The molecule has 26 nitrogen and oxygen atoms in total. The summed E-state index contributed by atoms with van der Waals surface area (Å²) in [5, 5.41) is 167. The number of methoxy groups -OCH3 is 1. The molecule has 0 radical (unpaired) electrons. The van der Waals surface area contributed by atoms with Gasteiger partial charge in [0.15, 0.2) is 31.5 Å². The van der Waals surface area contributed by atoms with Gasteiger partial charge in [-0.05, 0) is 0 Å². The Morgan fingerprint density at radius 3 is 0.789 bits per heavy atom. The van der Waals surface area contributed by atoms with Crippen LogP contribution in [0.15, 0.2) is 0 Å². The quantitative estimate of drug-likeness (QED) is 0.0772. The van der Waals surface area contributed by atoms with Gasteiger partial charge in [-0.1, -0.05) is 0 Å². The van der Waals surface area contributed by atoms with Crippen LogP contribution in [0.1, 0.15) is 0 Å². The van der Waals surface area contributed by atoms with Crippen LogP contribution in [0, 0.1) is 0 Å². The summed E-state index contributed by atoms with van der Waals surface area (Å²) < 4.78 is 54.6. The molecule has 5 aliphatic rings. The third-order valence-corrected chi connectivity index (χ3v) is 10.5. The predicted octanol–water partition coefficient (Wildman–Crippen LogP) is -11.3. The second-order valence-electron chi connectivity index (χ2n) is 14.2. The van der Waals surface area contributed by atoms with Crippen LogP contribution < -0.4 is 0 Å². The molecule has 5 saturated heterocycles. The zero-order chi connectivity index (χ0) is 42.0. The van der Waals surface area contributed by atoms with Crippen molar-refractivity contribution in [3.8, 4) is 0 Å². The van der Waals surface area contributed by atoms with Crippen molar-refractivity contribution in [2.45, 2.75) is 154 Å². The van der Waals surface area contributed by atoms with E-state index in [2.05, 4.69) is 0 Å². The maximum atomic E-state index is 11.1. The molecular formula is C31H54O26. The molecule has 0 aromatic carbocycles.